The Labute approximate surface area is 284 Å². The second kappa shape index (κ2) is 15.2. The molecule has 2 aliphatic heterocycles. The van der Waals surface area contributed by atoms with E-state index in [9.17, 15) is 18.7 Å². The monoisotopic (exact) mass is 675 g/mol. The summed E-state index contributed by atoms with van der Waals surface area (Å²) in [5.74, 6) is -0.554. The number of rotatable bonds is 12. The molecule has 0 spiro atoms. The summed E-state index contributed by atoms with van der Waals surface area (Å²) in [6.07, 6.45) is 3.47. The van der Waals surface area contributed by atoms with E-state index in [1.165, 1.54) is 18.5 Å². The zero-order chi connectivity index (χ0) is 34.4. The highest BCUT2D eigenvalue weighted by atomic mass is 19.1. The second-order valence-corrected chi connectivity index (χ2v) is 12.8. The lowest BCUT2D eigenvalue weighted by molar-refractivity contribution is -0.0206. The van der Waals surface area contributed by atoms with Gasteiger partial charge in [0.25, 0.3) is 0 Å². The maximum atomic E-state index is 14.9. The number of nitrogens with zero attached hydrogens (tertiary/aromatic N) is 5. The molecule has 0 bridgehead atoms. The Morgan fingerprint density at radius 2 is 1.71 bits per heavy atom. The molecule has 2 amide bonds. The first-order valence-electron chi connectivity index (χ1n) is 16.7. The summed E-state index contributed by atoms with van der Waals surface area (Å²) in [4.78, 5) is 21.0. The molecule has 1 unspecified atom stereocenters. The number of halogens is 2. The quantitative estimate of drug-likeness (QED) is 0.188. The van der Waals surface area contributed by atoms with Gasteiger partial charge in [0.15, 0.2) is 0 Å². The Kier molecular flexibility index (Phi) is 10.6. The molecule has 3 N–H and O–H groups in total. The van der Waals surface area contributed by atoms with Gasteiger partial charge < -0.3 is 35.0 Å². The van der Waals surface area contributed by atoms with E-state index in [1.807, 2.05) is 43.3 Å². The lowest BCUT2D eigenvalue weighted by Crippen LogP contribution is -2.46. The number of aliphatic hydroxyl groups excluding tert-OH is 1. The average Bonchev–Trinajstić information content (AvgIpc) is 3.77. The summed E-state index contributed by atoms with van der Waals surface area (Å²) in [6.45, 7) is 8.00. The van der Waals surface area contributed by atoms with Crippen LogP contribution in [0, 0.1) is 17.6 Å². The summed E-state index contributed by atoms with van der Waals surface area (Å²) >= 11 is 0. The highest BCUT2D eigenvalue weighted by Crippen LogP contribution is 2.42. The minimum atomic E-state index is -1.01. The van der Waals surface area contributed by atoms with E-state index in [4.69, 9.17) is 9.47 Å². The van der Waals surface area contributed by atoms with E-state index >= 15 is 0 Å². The van der Waals surface area contributed by atoms with E-state index in [-0.39, 0.29) is 24.5 Å². The molecule has 11 nitrogen and oxygen atoms in total. The van der Waals surface area contributed by atoms with Crippen LogP contribution < -0.4 is 25.2 Å². The van der Waals surface area contributed by atoms with Gasteiger partial charge in [0, 0.05) is 60.8 Å². The maximum Gasteiger partial charge on any atom is 0.319 e. The Morgan fingerprint density at radius 3 is 2.31 bits per heavy atom. The van der Waals surface area contributed by atoms with Crippen LogP contribution in [0.5, 0.6) is 5.75 Å². The van der Waals surface area contributed by atoms with Crippen molar-refractivity contribution in [3.63, 3.8) is 0 Å². The van der Waals surface area contributed by atoms with Gasteiger partial charge in [0.2, 0.25) is 0 Å². The molecule has 6 rings (SSSR count). The number of benzene rings is 3. The zero-order valence-electron chi connectivity index (χ0n) is 27.8. The maximum absolute atomic E-state index is 14.9. The van der Waals surface area contributed by atoms with Crippen LogP contribution in [0.4, 0.5) is 30.6 Å². The molecule has 2 saturated heterocycles. The third-order valence-electron chi connectivity index (χ3n) is 9.32. The van der Waals surface area contributed by atoms with Crippen molar-refractivity contribution in [3.05, 3.63) is 96.6 Å². The van der Waals surface area contributed by atoms with Crippen LogP contribution in [-0.4, -0.2) is 77.4 Å². The number of hydrogen-bond donors (Lipinski definition) is 3. The van der Waals surface area contributed by atoms with Crippen molar-refractivity contribution in [2.75, 3.05) is 54.5 Å². The highest BCUT2D eigenvalue weighted by Gasteiger charge is 2.44. The SMILES string of the molecule is CCC(NC(=O)Nc1ccc(N2CCN(c3ccc(OC[C@@H]4CO[C@@](Cn5cncn5)(c5ccc(F)cc5F)C4)cc3)CC2)cc1)[C@H](C)O. The van der Waals surface area contributed by atoms with Crippen molar-refractivity contribution in [2.24, 2.45) is 5.92 Å². The smallest absolute Gasteiger partial charge is 0.319 e. The molecular weight excluding hydrogens is 632 g/mol. The molecule has 0 aliphatic carbocycles. The topological polar surface area (TPSA) is 117 Å². The molecular formula is C36H43F2N7O4. The molecule has 2 fully saturated rings. The van der Waals surface area contributed by atoms with Gasteiger partial charge in [-0.1, -0.05) is 13.0 Å². The average molecular weight is 676 g/mol. The van der Waals surface area contributed by atoms with Crippen LogP contribution in [0.1, 0.15) is 32.3 Å². The molecule has 3 heterocycles. The molecule has 260 valence electrons. The van der Waals surface area contributed by atoms with E-state index in [1.54, 1.807) is 17.9 Å². The molecule has 0 radical (unpaired) electrons. The Hall–Kier alpha value is -4.75. The molecule has 4 atom stereocenters. The summed E-state index contributed by atoms with van der Waals surface area (Å²) in [6, 6.07) is 18.8. The summed E-state index contributed by atoms with van der Waals surface area (Å²) in [7, 11) is 0. The van der Waals surface area contributed by atoms with Gasteiger partial charge in [-0.15, -0.1) is 0 Å². The lowest BCUT2D eigenvalue weighted by Gasteiger charge is -2.37. The van der Waals surface area contributed by atoms with Crippen molar-refractivity contribution in [1.82, 2.24) is 20.1 Å². The lowest BCUT2D eigenvalue weighted by atomic mass is 9.87. The first-order valence-corrected chi connectivity index (χ1v) is 16.7. The number of amides is 2. The van der Waals surface area contributed by atoms with Crippen LogP contribution in [0.15, 0.2) is 79.4 Å². The van der Waals surface area contributed by atoms with E-state index in [0.717, 1.165) is 49.4 Å². The first-order chi connectivity index (χ1) is 23.7. The molecule has 13 heteroatoms. The van der Waals surface area contributed by atoms with Gasteiger partial charge >= 0.3 is 6.03 Å². The van der Waals surface area contributed by atoms with Gasteiger partial charge in [-0.3, -0.25) is 0 Å². The predicted octanol–water partition coefficient (Wildman–Crippen LogP) is 5.17. The van der Waals surface area contributed by atoms with Crippen molar-refractivity contribution in [1.29, 1.82) is 0 Å². The number of urea groups is 1. The Bertz CT molecular complexity index is 1670. The number of hydrogen-bond acceptors (Lipinski definition) is 8. The van der Waals surface area contributed by atoms with Gasteiger partial charge in [-0.05, 0) is 74.4 Å². The van der Waals surface area contributed by atoms with Crippen molar-refractivity contribution >= 4 is 23.1 Å². The number of carbonyl (C=O) groups is 1. The Morgan fingerprint density at radius 1 is 1.04 bits per heavy atom. The normalized spacial score (nSPS) is 20.6. The standard InChI is InChI=1S/C36H43F2N7O4/c1-3-34(25(2)46)42-35(47)41-28-5-7-29(8-6-28)43-14-16-44(17-15-43)30-9-11-31(12-10-30)48-20-26-19-36(49-21-26,22-45-24-39-23-40-45)32-13-4-27(37)18-33(32)38/h4-13,18,23-26,34,46H,3,14-17,19-22H2,1-2H3,(H2,41,42,47)/t25-,26+,34?,36-/m0/s1. The third-order valence-corrected chi connectivity index (χ3v) is 9.32. The molecule has 4 aromatic rings. The minimum Gasteiger partial charge on any atom is -0.493 e. The summed E-state index contributed by atoms with van der Waals surface area (Å²) < 4.78 is 42.6. The van der Waals surface area contributed by atoms with Crippen LogP contribution in [-0.2, 0) is 16.9 Å². The van der Waals surface area contributed by atoms with E-state index in [2.05, 4.69) is 42.6 Å². The number of aliphatic hydroxyl groups is 1. The van der Waals surface area contributed by atoms with E-state index in [0.29, 0.717) is 37.3 Å². The Balaban J connectivity index is 0.984. The third kappa shape index (κ3) is 8.28. The second-order valence-electron chi connectivity index (χ2n) is 12.8. The van der Waals surface area contributed by atoms with Gasteiger partial charge in [0.1, 0.15) is 35.6 Å². The molecule has 2 aliphatic rings. The zero-order valence-corrected chi connectivity index (χ0v) is 27.8. The van der Waals surface area contributed by atoms with Gasteiger partial charge in [-0.2, -0.15) is 5.10 Å². The molecule has 49 heavy (non-hydrogen) atoms. The number of ether oxygens (including phenoxy) is 2. The van der Waals surface area contributed by atoms with Crippen molar-refractivity contribution in [2.45, 2.75) is 51.0 Å². The fourth-order valence-electron chi connectivity index (χ4n) is 6.63. The van der Waals surface area contributed by atoms with Crippen molar-refractivity contribution < 1.29 is 28.2 Å². The van der Waals surface area contributed by atoms with Crippen molar-refractivity contribution in [3.8, 4) is 5.75 Å². The number of carbonyl (C=O) groups excluding carboxylic acids is 1. The predicted molar refractivity (Wildman–Crippen MR) is 183 cm³/mol. The van der Waals surface area contributed by atoms with Crippen LogP contribution in [0.25, 0.3) is 0 Å². The van der Waals surface area contributed by atoms with Gasteiger partial charge in [-0.25, -0.2) is 23.2 Å². The number of nitrogens with one attached hydrogen (secondary N) is 2. The van der Waals surface area contributed by atoms with Gasteiger partial charge in [0.05, 0.1) is 31.9 Å². The number of aromatic nitrogens is 3. The fraction of sp³-hybridized carbons (Fsp3) is 0.417. The molecule has 3 aromatic carbocycles. The molecule has 1 aromatic heterocycles. The minimum absolute atomic E-state index is 0.00812. The highest BCUT2D eigenvalue weighted by molar-refractivity contribution is 5.89. The van der Waals surface area contributed by atoms with Crippen LogP contribution in [0.2, 0.25) is 0 Å². The largest absolute Gasteiger partial charge is 0.493 e. The molecule has 0 saturated carbocycles. The number of piperazine rings is 1. The van der Waals surface area contributed by atoms with Crippen LogP contribution in [0.3, 0.4) is 0 Å². The summed E-state index contributed by atoms with van der Waals surface area (Å²) in [5, 5.41) is 19.6. The summed E-state index contributed by atoms with van der Waals surface area (Å²) in [5.41, 5.74) is 2.18. The van der Waals surface area contributed by atoms with Crippen LogP contribution >= 0.6 is 0 Å². The van der Waals surface area contributed by atoms with E-state index < -0.39 is 23.3 Å². The first kappa shape index (κ1) is 34.1. The number of anilines is 3. The fourth-order valence-corrected chi connectivity index (χ4v) is 6.63.